The molecule has 2 rings (SSSR count). The Morgan fingerprint density at radius 1 is 1.28 bits per heavy atom. The van der Waals surface area contributed by atoms with E-state index in [1.165, 1.54) is 6.07 Å². The Labute approximate surface area is 105 Å². The molecule has 1 aromatic carbocycles. The van der Waals surface area contributed by atoms with Crippen molar-refractivity contribution in [1.29, 1.82) is 5.26 Å². The first-order valence-corrected chi connectivity index (χ1v) is 5.46. The predicted molar refractivity (Wildman–Crippen MR) is 68.7 cm³/mol. The van der Waals surface area contributed by atoms with Gasteiger partial charge >= 0.3 is 0 Å². The van der Waals surface area contributed by atoms with Crippen LogP contribution in [0.25, 0.3) is 11.1 Å². The van der Waals surface area contributed by atoms with Crippen LogP contribution in [-0.4, -0.2) is 19.1 Å². The van der Waals surface area contributed by atoms with Gasteiger partial charge in [-0.25, -0.2) is 9.37 Å². The monoisotopic (exact) mass is 241 g/mol. The van der Waals surface area contributed by atoms with Gasteiger partial charge in [0.05, 0.1) is 5.56 Å². The lowest BCUT2D eigenvalue weighted by atomic mass is 10.1. The van der Waals surface area contributed by atoms with Gasteiger partial charge in [-0.1, -0.05) is 18.2 Å². The zero-order chi connectivity index (χ0) is 13.1. The summed E-state index contributed by atoms with van der Waals surface area (Å²) in [5, 5.41) is 9.10. The summed E-state index contributed by atoms with van der Waals surface area (Å²) in [4.78, 5) is 5.96. The molecule has 0 unspecified atom stereocenters. The van der Waals surface area contributed by atoms with Crippen molar-refractivity contribution in [2.75, 3.05) is 19.0 Å². The van der Waals surface area contributed by atoms with Gasteiger partial charge < -0.3 is 4.90 Å². The number of hydrogen-bond donors (Lipinski definition) is 0. The number of aromatic nitrogens is 1. The molecule has 90 valence electrons. The topological polar surface area (TPSA) is 39.9 Å². The standard InChI is InChI=1S/C14H12FN3/c1-18(2)14-10(8-16)7-11(9-17-14)12-5-3-4-6-13(12)15/h3-7,9H,1-2H3. The average Bonchev–Trinajstić information content (AvgIpc) is 2.38. The highest BCUT2D eigenvalue weighted by atomic mass is 19.1. The van der Waals surface area contributed by atoms with E-state index in [0.29, 0.717) is 22.5 Å². The lowest BCUT2D eigenvalue weighted by Gasteiger charge is -2.13. The zero-order valence-corrected chi connectivity index (χ0v) is 10.2. The molecule has 0 aliphatic heterocycles. The Balaban J connectivity index is 2.56. The van der Waals surface area contributed by atoms with Crippen LogP contribution in [0, 0.1) is 17.1 Å². The van der Waals surface area contributed by atoms with Crippen molar-refractivity contribution in [2.24, 2.45) is 0 Å². The number of nitriles is 1. The van der Waals surface area contributed by atoms with Crippen LogP contribution in [0.3, 0.4) is 0 Å². The molecule has 1 aromatic heterocycles. The van der Waals surface area contributed by atoms with E-state index in [4.69, 9.17) is 5.26 Å². The molecule has 0 amide bonds. The maximum Gasteiger partial charge on any atom is 0.146 e. The fraction of sp³-hybridized carbons (Fsp3) is 0.143. The van der Waals surface area contributed by atoms with Gasteiger partial charge in [-0.15, -0.1) is 0 Å². The molecular formula is C14H12FN3. The van der Waals surface area contributed by atoms with Gasteiger partial charge in [-0.2, -0.15) is 5.26 Å². The highest BCUT2D eigenvalue weighted by Crippen LogP contribution is 2.25. The maximum atomic E-state index is 13.6. The fourth-order valence-electron chi connectivity index (χ4n) is 1.74. The first-order chi connectivity index (χ1) is 8.63. The summed E-state index contributed by atoms with van der Waals surface area (Å²) in [6.07, 6.45) is 1.58. The van der Waals surface area contributed by atoms with Crippen molar-refractivity contribution >= 4 is 5.82 Å². The van der Waals surface area contributed by atoms with E-state index in [2.05, 4.69) is 11.1 Å². The number of halogens is 1. The Morgan fingerprint density at radius 3 is 2.61 bits per heavy atom. The van der Waals surface area contributed by atoms with E-state index in [1.54, 1.807) is 35.4 Å². The van der Waals surface area contributed by atoms with Crippen LogP contribution in [0.1, 0.15) is 5.56 Å². The Bertz CT molecular complexity index is 615. The molecule has 0 bridgehead atoms. The highest BCUT2D eigenvalue weighted by Gasteiger charge is 2.10. The Kier molecular flexibility index (Phi) is 3.24. The minimum absolute atomic E-state index is 0.319. The molecule has 2 aromatic rings. The molecule has 0 radical (unpaired) electrons. The molecule has 4 heteroatoms. The lowest BCUT2D eigenvalue weighted by molar-refractivity contribution is 0.631. The second kappa shape index (κ2) is 4.84. The molecule has 0 aliphatic carbocycles. The summed E-state index contributed by atoms with van der Waals surface area (Å²) in [5.41, 5.74) is 1.49. The number of anilines is 1. The summed E-state index contributed by atoms with van der Waals surface area (Å²) in [7, 11) is 3.62. The van der Waals surface area contributed by atoms with Gasteiger partial charge in [0.1, 0.15) is 17.7 Å². The molecule has 0 N–H and O–H groups in total. The number of benzene rings is 1. The fourth-order valence-corrected chi connectivity index (χ4v) is 1.74. The zero-order valence-electron chi connectivity index (χ0n) is 10.2. The van der Waals surface area contributed by atoms with Gasteiger partial charge in [-0.3, -0.25) is 0 Å². The minimum atomic E-state index is -0.319. The largest absolute Gasteiger partial charge is 0.362 e. The number of pyridine rings is 1. The van der Waals surface area contributed by atoms with Crippen molar-refractivity contribution < 1.29 is 4.39 Å². The molecule has 0 spiro atoms. The normalized spacial score (nSPS) is 9.89. The van der Waals surface area contributed by atoms with Crippen molar-refractivity contribution in [3.63, 3.8) is 0 Å². The van der Waals surface area contributed by atoms with Crippen molar-refractivity contribution in [3.8, 4) is 17.2 Å². The first kappa shape index (κ1) is 12.1. The van der Waals surface area contributed by atoms with Gasteiger partial charge in [0, 0.05) is 31.4 Å². The van der Waals surface area contributed by atoms with Crippen LogP contribution in [0.15, 0.2) is 36.5 Å². The molecule has 18 heavy (non-hydrogen) atoms. The second-order valence-corrected chi connectivity index (χ2v) is 4.08. The maximum absolute atomic E-state index is 13.6. The van der Waals surface area contributed by atoms with Crippen LogP contribution < -0.4 is 4.90 Å². The Morgan fingerprint density at radius 2 is 2.00 bits per heavy atom. The quantitative estimate of drug-likeness (QED) is 0.811. The second-order valence-electron chi connectivity index (χ2n) is 4.08. The predicted octanol–water partition coefficient (Wildman–Crippen LogP) is 2.83. The van der Waals surface area contributed by atoms with Crippen LogP contribution >= 0.6 is 0 Å². The third kappa shape index (κ3) is 2.16. The van der Waals surface area contributed by atoms with E-state index in [1.807, 2.05) is 14.1 Å². The van der Waals surface area contributed by atoms with Gasteiger partial charge in [0.2, 0.25) is 0 Å². The molecule has 3 nitrogen and oxygen atoms in total. The van der Waals surface area contributed by atoms with Crippen LogP contribution in [0.5, 0.6) is 0 Å². The van der Waals surface area contributed by atoms with Crippen molar-refractivity contribution in [1.82, 2.24) is 4.98 Å². The number of hydrogen-bond acceptors (Lipinski definition) is 3. The summed E-state index contributed by atoms with van der Waals surface area (Å²) in [6, 6.07) is 10.2. The average molecular weight is 241 g/mol. The van der Waals surface area contributed by atoms with Gasteiger partial charge in [0.25, 0.3) is 0 Å². The first-order valence-electron chi connectivity index (χ1n) is 5.46. The number of nitrogens with zero attached hydrogens (tertiary/aromatic N) is 3. The molecule has 0 atom stereocenters. The van der Waals surface area contributed by atoms with Gasteiger partial charge in [-0.05, 0) is 12.1 Å². The Hall–Kier alpha value is -2.41. The summed E-state index contributed by atoms with van der Waals surface area (Å²) in [6.45, 7) is 0. The lowest BCUT2D eigenvalue weighted by Crippen LogP contribution is -2.12. The molecule has 0 fully saturated rings. The molecule has 0 saturated carbocycles. The van der Waals surface area contributed by atoms with E-state index >= 15 is 0 Å². The SMILES string of the molecule is CN(C)c1ncc(-c2ccccc2F)cc1C#N. The smallest absolute Gasteiger partial charge is 0.146 e. The van der Waals surface area contributed by atoms with Crippen LogP contribution in [-0.2, 0) is 0 Å². The molecular weight excluding hydrogens is 229 g/mol. The van der Waals surface area contributed by atoms with Gasteiger partial charge in [0.15, 0.2) is 0 Å². The van der Waals surface area contributed by atoms with Crippen molar-refractivity contribution in [3.05, 3.63) is 47.9 Å². The summed E-state index contributed by atoms with van der Waals surface area (Å²) < 4.78 is 13.6. The summed E-state index contributed by atoms with van der Waals surface area (Å²) >= 11 is 0. The van der Waals surface area contributed by atoms with Crippen LogP contribution in [0.4, 0.5) is 10.2 Å². The van der Waals surface area contributed by atoms with E-state index in [9.17, 15) is 4.39 Å². The van der Waals surface area contributed by atoms with E-state index in [-0.39, 0.29) is 5.82 Å². The summed E-state index contributed by atoms with van der Waals surface area (Å²) in [5.74, 6) is 0.262. The van der Waals surface area contributed by atoms with Crippen molar-refractivity contribution in [2.45, 2.75) is 0 Å². The molecule has 0 aliphatic rings. The molecule has 0 saturated heterocycles. The van der Waals surface area contributed by atoms with Crippen LogP contribution in [0.2, 0.25) is 0 Å². The minimum Gasteiger partial charge on any atom is -0.362 e. The van der Waals surface area contributed by atoms with E-state index in [0.717, 1.165) is 0 Å². The molecule has 1 heterocycles. The van der Waals surface area contributed by atoms with E-state index < -0.39 is 0 Å². The third-order valence-corrected chi connectivity index (χ3v) is 2.60. The highest BCUT2D eigenvalue weighted by molar-refractivity contribution is 5.68. The number of rotatable bonds is 2. The third-order valence-electron chi connectivity index (χ3n) is 2.60.